The Hall–Kier alpha value is -2.21. The zero-order valence-electron chi connectivity index (χ0n) is 10.5. The Bertz CT molecular complexity index is 670. The average Bonchev–Trinajstić information content (AvgIpc) is 2.46. The maximum atomic E-state index is 11.9. The van der Waals surface area contributed by atoms with Crippen LogP contribution in [0.5, 0.6) is 0 Å². The van der Waals surface area contributed by atoms with Gasteiger partial charge in [0.1, 0.15) is 5.56 Å². The summed E-state index contributed by atoms with van der Waals surface area (Å²) in [7, 11) is 1.20. The van der Waals surface area contributed by atoms with Crippen LogP contribution < -0.4 is 0 Å². The highest BCUT2D eigenvalue weighted by atomic mass is 79.9. The summed E-state index contributed by atoms with van der Waals surface area (Å²) in [5.41, 5.74) is 0.827. The van der Waals surface area contributed by atoms with Crippen molar-refractivity contribution in [2.75, 3.05) is 7.11 Å². The van der Waals surface area contributed by atoms with Crippen LogP contribution in [0.2, 0.25) is 0 Å². The highest BCUT2D eigenvalue weighted by Gasteiger charge is 2.26. The van der Waals surface area contributed by atoms with Crippen molar-refractivity contribution < 1.29 is 14.5 Å². The normalized spacial score (nSPS) is 10.1. The second kappa shape index (κ2) is 5.83. The van der Waals surface area contributed by atoms with Crippen molar-refractivity contribution in [1.82, 2.24) is 0 Å². The maximum absolute atomic E-state index is 11.9. The predicted molar refractivity (Wildman–Crippen MR) is 77.6 cm³/mol. The second-order valence-electron chi connectivity index (χ2n) is 3.96. The van der Waals surface area contributed by atoms with Gasteiger partial charge in [-0.15, -0.1) is 0 Å². The number of nitro benzene ring substituents is 1. The number of esters is 1. The fraction of sp³-hybridized carbons (Fsp3) is 0.0714. The molecule has 6 heteroatoms. The van der Waals surface area contributed by atoms with Crippen molar-refractivity contribution in [3.63, 3.8) is 0 Å². The van der Waals surface area contributed by atoms with Gasteiger partial charge in [-0.05, 0) is 11.6 Å². The molecule has 0 saturated heterocycles. The van der Waals surface area contributed by atoms with Crippen LogP contribution in [0.15, 0.2) is 46.9 Å². The molecule has 2 aromatic rings. The summed E-state index contributed by atoms with van der Waals surface area (Å²) in [4.78, 5) is 22.5. The minimum absolute atomic E-state index is 0.0492. The van der Waals surface area contributed by atoms with Gasteiger partial charge in [-0.1, -0.05) is 46.3 Å². The molecule has 0 aromatic heterocycles. The molecule has 2 aromatic carbocycles. The van der Waals surface area contributed by atoms with E-state index in [1.165, 1.54) is 13.2 Å². The molecule has 5 nitrogen and oxygen atoms in total. The Kier molecular flexibility index (Phi) is 4.14. The van der Waals surface area contributed by atoms with Gasteiger partial charge in [0.25, 0.3) is 5.69 Å². The van der Waals surface area contributed by atoms with Gasteiger partial charge < -0.3 is 4.74 Å². The Morgan fingerprint density at radius 3 is 2.45 bits per heavy atom. The fourth-order valence-corrected chi connectivity index (χ4v) is 2.34. The molecule has 0 aliphatic rings. The van der Waals surface area contributed by atoms with E-state index in [4.69, 9.17) is 0 Å². The van der Waals surface area contributed by atoms with Crippen LogP contribution in [0.4, 0.5) is 5.69 Å². The lowest BCUT2D eigenvalue weighted by atomic mass is 9.98. The first-order chi connectivity index (χ1) is 9.54. The first-order valence-electron chi connectivity index (χ1n) is 5.66. The zero-order chi connectivity index (χ0) is 14.7. The van der Waals surface area contributed by atoms with Gasteiger partial charge in [0.05, 0.1) is 12.0 Å². The van der Waals surface area contributed by atoms with E-state index in [-0.39, 0.29) is 11.3 Å². The van der Waals surface area contributed by atoms with Gasteiger partial charge in [-0.3, -0.25) is 10.1 Å². The molecule has 0 radical (unpaired) electrons. The molecule has 0 heterocycles. The third-order valence-electron chi connectivity index (χ3n) is 2.75. The molecule has 0 fully saturated rings. The summed E-state index contributed by atoms with van der Waals surface area (Å²) < 4.78 is 5.19. The number of benzene rings is 2. The Morgan fingerprint density at radius 2 is 1.90 bits per heavy atom. The quantitative estimate of drug-likeness (QED) is 0.485. The molecule has 0 atom stereocenters. The third kappa shape index (κ3) is 2.70. The van der Waals surface area contributed by atoms with Crippen LogP contribution in [0.1, 0.15) is 10.4 Å². The highest BCUT2D eigenvalue weighted by molar-refractivity contribution is 9.10. The highest BCUT2D eigenvalue weighted by Crippen LogP contribution is 2.34. The smallest absolute Gasteiger partial charge is 0.345 e. The third-order valence-corrected chi connectivity index (χ3v) is 3.21. The molecular formula is C14H10BrNO4. The summed E-state index contributed by atoms with van der Waals surface area (Å²) in [6, 6.07) is 11.9. The van der Waals surface area contributed by atoms with E-state index in [9.17, 15) is 14.9 Å². The fourth-order valence-electron chi connectivity index (χ4n) is 1.90. The molecule has 0 amide bonds. The van der Waals surface area contributed by atoms with Gasteiger partial charge in [0.2, 0.25) is 0 Å². The Balaban J connectivity index is 2.79. The number of rotatable bonds is 3. The summed E-state index contributed by atoms with van der Waals surface area (Å²) in [6.45, 7) is 0. The Morgan fingerprint density at radius 1 is 1.25 bits per heavy atom. The standard InChI is InChI=1S/C14H10BrNO4/c1-20-14(17)13-11(9-5-3-2-4-6-9)7-10(15)8-12(13)16(18)19/h2-8H,1H3. The lowest BCUT2D eigenvalue weighted by Crippen LogP contribution is -2.08. The molecule has 102 valence electrons. The lowest BCUT2D eigenvalue weighted by molar-refractivity contribution is -0.385. The van der Waals surface area contributed by atoms with E-state index in [0.717, 1.165) is 0 Å². The van der Waals surface area contributed by atoms with Gasteiger partial charge in [0.15, 0.2) is 0 Å². The van der Waals surface area contributed by atoms with E-state index in [2.05, 4.69) is 20.7 Å². The largest absolute Gasteiger partial charge is 0.465 e. The van der Waals surface area contributed by atoms with Crippen molar-refractivity contribution in [1.29, 1.82) is 0 Å². The molecule has 2 rings (SSSR count). The number of ether oxygens (including phenoxy) is 1. The summed E-state index contributed by atoms with van der Waals surface area (Å²) in [5, 5.41) is 11.2. The van der Waals surface area contributed by atoms with E-state index in [1.54, 1.807) is 30.3 Å². The number of hydrogen-bond donors (Lipinski definition) is 0. The number of nitrogens with zero attached hydrogens (tertiary/aromatic N) is 1. The minimum atomic E-state index is -0.733. The topological polar surface area (TPSA) is 69.4 Å². The van der Waals surface area contributed by atoms with Crippen LogP contribution in [0.25, 0.3) is 11.1 Å². The Labute approximate surface area is 123 Å². The average molecular weight is 336 g/mol. The number of carbonyl (C=O) groups excluding carboxylic acids is 1. The van der Waals surface area contributed by atoms with Crippen LogP contribution in [0, 0.1) is 10.1 Å². The number of nitro groups is 1. The lowest BCUT2D eigenvalue weighted by Gasteiger charge is -2.09. The van der Waals surface area contributed by atoms with E-state index in [0.29, 0.717) is 15.6 Å². The monoisotopic (exact) mass is 335 g/mol. The van der Waals surface area contributed by atoms with Crippen LogP contribution in [0.3, 0.4) is 0 Å². The van der Waals surface area contributed by atoms with Gasteiger partial charge in [-0.2, -0.15) is 0 Å². The molecule has 0 bridgehead atoms. The van der Waals surface area contributed by atoms with Crippen molar-refractivity contribution in [2.45, 2.75) is 0 Å². The van der Waals surface area contributed by atoms with Gasteiger partial charge >= 0.3 is 5.97 Å². The van der Waals surface area contributed by atoms with E-state index >= 15 is 0 Å². The minimum Gasteiger partial charge on any atom is -0.465 e. The molecular weight excluding hydrogens is 326 g/mol. The van der Waals surface area contributed by atoms with Crippen molar-refractivity contribution in [2.24, 2.45) is 0 Å². The van der Waals surface area contributed by atoms with Crippen LogP contribution >= 0.6 is 15.9 Å². The SMILES string of the molecule is COC(=O)c1c(-c2ccccc2)cc(Br)cc1[N+](=O)[O-]. The first kappa shape index (κ1) is 14.2. The predicted octanol–water partition coefficient (Wildman–Crippen LogP) is 3.81. The van der Waals surface area contributed by atoms with Gasteiger partial charge in [0, 0.05) is 16.1 Å². The molecule has 20 heavy (non-hydrogen) atoms. The van der Waals surface area contributed by atoms with Gasteiger partial charge in [-0.25, -0.2) is 4.79 Å². The summed E-state index contributed by atoms with van der Waals surface area (Å²) in [6.07, 6.45) is 0. The number of carbonyl (C=O) groups is 1. The number of hydrogen-bond acceptors (Lipinski definition) is 4. The zero-order valence-corrected chi connectivity index (χ0v) is 12.1. The number of methoxy groups -OCH3 is 1. The molecule has 0 aliphatic heterocycles. The molecule has 0 unspecified atom stereocenters. The summed E-state index contributed by atoms with van der Waals surface area (Å²) in [5.74, 6) is -0.733. The van der Waals surface area contributed by atoms with Crippen molar-refractivity contribution in [3.8, 4) is 11.1 Å². The van der Waals surface area contributed by atoms with E-state index < -0.39 is 10.9 Å². The molecule has 0 aliphatic carbocycles. The van der Waals surface area contributed by atoms with Crippen molar-refractivity contribution >= 4 is 27.6 Å². The molecule has 0 N–H and O–H groups in total. The first-order valence-corrected chi connectivity index (χ1v) is 6.45. The van der Waals surface area contributed by atoms with Crippen LogP contribution in [-0.4, -0.2) is 18.0 Å². The molecule has 0 saturated carbocycles. The van der Waals surface area contributed by atoms with Crippen molar-refractivity contribution in [3.05, 3.63) is 62.6 Å². The maximum Gasteiger partial charge on any atom is 0.345 e. The van der Waals surface area contributed by atoms with E-state index in [1.807, 2.05) is 6.07 Å². The molecule has 0 spiro atoms. The second-order valence-corrected chi connectivity index (χ2v) is 4.88. The van der Waals surface area contributed by atoms with Crippen LogP contribution in [-0.2, 0) is 4.74 Å². The summed E-state index contributed by atoms with van der Waals surface area (Å²) >= 11 is 3.23. The number of halogens is 1.